The van der Waals surface area contributed by atoms with Gasteiger partial charge in [0.2, 0.25) is 11.8 Å². The Kier molecular flexibility index (Phi) is 5.14. The lowest BCUT2D eigenvalue weighted by Crippen LogP contribution is -2.26. The van der Waals surface area contributed by atoms with Crippen LogP contribution in [0.15, 0.2) is 42.5 Å². The van der Waals surface area contributed by atoms with Crippen LogP contribution in [0.4, 0.5) is 11.4 Å². The molecule has 0 saturated carbocycles. The zero-order valence-corrected chi connectivity index (χ0v) is 15.7. The summed E-state index contributed by atoms with van der Waals surface area (Å²) >= 11 is 6.08. The molecule has 2 amide bonds. The zero-order valence-electron chi connectivity index (χ0n) is 14.9. The van der Waals surface area contributed by atoms with Crippen LogP contribution in [0.5, 0.6) is 0 Å². The van der Waals surface area contributed by atoms with E-state index in [4.69, 9.17) is 16.3 Å². The minimum absolute atomic E-state index is 0.0343. The van der Waals surface area contributed by atoms with Crippen molar-refractivity contribution >= 4 is 34.8 Å². The molecule has 0 aliphatic carbocycles. The number of amides is 2. The number of nitrogens with zero attached hydrogens (tertiary/aromatic N) is 1. The normalized spacial score (nSPS) is 18.6. The summed E-state index contributed by atoms with van der Waals surface area (Å²) in [4.78, 5) is 26.2. The SMILES string of the molecule is O=C(CC1CCCO1)Nc1ccc(CN2C(=O)Cc3ccc(Cl)cc32)cc1. The van der Waals surface area contributed by atoms with Crippen LogP contribution in [0, 0.1) is 0 Å². The Morgan fingerprint density at radius 2 is 2.04 bits per heavy atom. The van der Waals surface area contributed by atoms with Crippen molar-refractivity contribution in [2.24, 2.45) is 0 Å². The van der Waals surface area contributed by atoms with E-state index < -0.39 is 0 Å². The fourth-order valence-electron chi connectivity index (χ4n) is 3.60. The number of carbonyl (C=O) groups is 2. The molecular formula is C21H21ClN2O3. The van der Waals surface area contributed by atoms with Gasteiger partial charge in [-0.1, -0.05) is 29.8 Å². The van der Waals surface area contributed by atoms with Crippen LogP contribution in [0.3, 0.4) is 0 Å². The second-order valence-electron chi connectivity index (χ2n) is 7.01. The molecule has 0 aromatic heterocycles. The number of ether oxygens (including phenoxy) is 1. The molecule has 0 radical (unpaired) electrons. The number of hydrogen-bond acceptors (Lipinski definition) is 3. The van der Waals surface area contributed by atoms with Crippen LogP contribution < -0.4 is 10.2 Å². The summed E-state index contributed by atoms with van der Waals surface area (Å²) in [5.41, 5.74) is 3.62. The van der Waals surface area contributed by atoms with Gasteiger partial charge in [-0.3, -0.25) is 9.59 Å². The highest BCUT2D eigenvalue weighted by molar-refractivity contribution is 6.31. The molecule has 2 aromatic carbocycles. The lowest BCUT2D eigenvalue weighted by atomic mass is 10.1. The third kappa shape index (κ3) is 4.15. The van der Waals surface area contributed by atoms with Gasteiger partial charge in [-0.05, 0) is 48.2 Å². The molecule has 2 aliphatic rings. The van der Waals surface area contributed by atoms with Gasteiger partial charge in [0.1, 0.15) is 0 Å². The van der Waals surface area contributed by atoms with Gasteiger partial charge < -0.3 is 15.0 Å². The summed E-state index contributed by atoms with van der Waals surface area (Å²) in [6.07, 6.45) is 2.81. The largest absolute Gasteiger partial charge is 0.378 e. The molecule has 27 heavy (non-hydrogen) atoms. The number of hydrogen-bond donors (Lipinski definition) is 1. The standard InChI is InChI=1S/C21H21ClN2O3/c22-16-6-5-15-10-21(26)24(19(15)11-16)13-14-3-7-17(8-4-14)23-20(25)12-18-2-1-9-27-18/h3-8,11,18H,1-2,9-10,12-13H2,(H,23,25). The fraction of sp³-hybridized carbons (Fsp3) is 0.333. The van der Waals surface area contributed by atoms with Gasteiger partial charge in [0.25, 0.3) is 0 Å². The van der Waals surface area contributed by atoms with Gasteiger partial charge in [0, 0.05) is 23.0 Å². The van der Waals surface area contributed by atoms with Crippen molar-refractivity contribution in [3.63, 3.8) is 0 Å². The van der Waals surface area contributed by atoms with Crippen molar-refractivity contribution < 1.29 is 14.3 Å². The number of carbonyl (C=O) groups excluding carboxylic acids is 2. The van der Waals surface area contributed by atoms with Gasteiger partial charge in [0.15, 0.2) is 0 Å². The smallest absolute Gasteiger partial charge is 0.231 e. The Morgan fingerprint density at radius 3 is 2.78 bits per heavy atom. The van der Waals surface area contributed by atoms with Crippen LogP contribution in [0.25, 0.3) is 0 Å². The number of nitrogens with one attached hydrogen (secondary N) is 1. The molecule has 1 N–H and O–H groups in total. The third-order valence-corrected chi connectivity index (χ3v) is 5.23. The number of fused-ring (bicyclic) bond motifs is 1. The molecule has 5 nitrogen and oxygen atoms in total. The summed E-state index contributed by atoms with van der Waals surface area (Å²) in [6, 6.07) is 13.1. The summed E-state index contributed by atoms with van der Waals surface area (Å²) in [5.74, 6) is 0.0362. The summed E-state index contributed by atoms with van der Waals surface area (Å²) < 4.78 is 5.49. The maximum Gasteiger partial charge on any atom is 0.231 e. The summed E-state index contributed by atoms with van der Waals surface area (Å²) in [5, 5.41) is 3.53. The van der Waals surface area contributed by atoms with Crippen LogP contribution in [-0.4, -0.2) is 24.5 Å². The highest BCUT2D eigenvalue weighted by Gasteiger charge is 2.27. The van der Waals surface area contributed by atoms with Crippen LogP contribution >= 0.6 is 11.6 Å². The van der Waals surface area contributed by atoms with E-state index in [1.165, 1.54) is 0 Å². The zero-order chi connectivity index (χ0) is 18.8. The second kappa shape index (κ2) is 7.71. The first-order valence-corrected chi connectivity index (χ1v) is 9.55. The van der Waals surface area contributed by atoms with Gasteiger partial charge in [-0.2, -0.15) is 0 Å². The first-order valence-electron chi connectivity index (χ1n) is 9.18. The van der Waals surface area contributed by atoms with Crippen molar-refractivity contribution in [1.82, 2.24) is 0 Å². The van der Waals surface area contributed by atoms with Crippen LogP contribution in [0.1, 0.15) is 30.4 Å². The molecule has 4 rings (SSSR count). The predicted octanol–water partition coefficient (Wildman–Crippen LogP) is 3.94. The molecule has 1 saturated heterocycles. The van der Waals surface area contributed by atoms with Crippen molar-refractivity contribution in [3.05, 3.63) is 58.6 Å². The lowest BCUT2D eigenvalue weighted by molar-refractivity contribution is -0.118. The highest BCUT2D eigenvalue weighted by atomic mass is 35.5. The summed E-state index contributed by atoms with van der Waals surface area (Å²) in [7, 11) is 0. The van der Waals surface area contributed by atoms with E-state index >= 15 is 0 Å². The van der Waals surface area contributed by atoms with Crippen molar-refractivity contribution in [3.8, 4) is 0 Å². The predicted molar refractivity (Wildman–Crippen MR) is 105 cm³/mol. The summed E-state index contributed by atoms with van der Waals surface area (Å²) in [6.45, 7) is 1.23. The first kappa shape index (κ1) is 18.0. The van der Waals surface area contributed by atoms with E-state index in [1.54, 1.807) is 4.90 Å². The molecule has 2 aromatic rings. The molecule has 0 spiro atoms. The highest BCUT2D eigenvalue weighted by Crippen LogP contribution is 2.32. The topological polar surface area (TPSA) is 58.6 Å². The monoisotopic (exact) mass is 384 g/mol. The number of anilines is 2. The molecule has 1 fully saturated rings. The number of rotatable bonds is 5. The average Bonchev–Trinajstić information content (AvgIpc) is 3.25. The van der Waals surface area contributed by atoms with Crippen molar-refractivity contribution in [2.75, 3.05) is 16.8 Å². The van der Waals surface area contributed by atoms with E-state index in [0.717, 1.165) is 42.0 Å². The van der Waals surface area contributed by atoms with Crippen molar-refractivity contribution in [2.45, 2.75) is 38.3 Å². The average molecular weight is 385 g/mol. The Labute approximate surface area is 163 Å². The minimum Gasteiger partial charge on any atom is -0.378 e. The van der Waals surface area contributed by atoms with E-state index in [0.29, 0.717) is 24.4 Å². The Balaban J connectivity index is 1.39. The van der Waals surface area contributed by atoms with Gasteiger partial charge in [-0.15, -0.1) is 0 Å². The van der Waals surface area contributed by atoms with E-state index in [9.17, 15) is 9.59 Å². The number of halogens is 1. The molecule has 6 heteroatoms. The van der Waals surface area contributed by atoms with Gasteiger partial charge in [0.05, 0.1) is 25.5 Å². The van der Waals surface area contributed by atoms with E-state index in [1.807, 2.05) is 42.5 Å². The molecule has 0 bridgehead atoms. The molecular weight excluding hydrogens is 364 g/mol. The number of benzene rings is 2. The Morgan fingerprint density at radius 1 is 1.22 bits per heavy atom. The van der Waals surface area contributed by atoms with Crippen molar-refractivity contribution in [1.29, 1.82) is 0 Å². The van der Waals surface area contributed by atoms with Crippen LogP contribution in [-0.2, 0) is 27.3 Å². The Hall–Kier alpha value is -2.37. The fourth-order valence-corrected chi connectivity index (χ4v) is 3.77. The second-order valence-corrected chi connectivity index (χ2v) is 7.45. The molecule has 1 atom stereocenters. The van der Waals surface area contributed by atoms with Crippen LogP contribution in [0.2, 0.25) is 5.02 Å². The quantitative estimate of drug-likeness (QED) is 0.849. The first-order chi connectivity index (χ1) is 13.1. The molecule has 2 aliphatic heterocycles. The molecule has 140 valence electrons. The third-order valence-electron chi connectivity index (χ3n) is 5.00. The maximum atomic E-state index is 12.3. The molecule has 2 heterocycles. The lowest BCUT2D eigenvalue weighted by Gasteiger charge is -2.18. The van der Waals surface area contributed by atoms with E-state index in [-0.39, 0.29) is 17.9 Å². The van der Waals surface area contributed by atoms with E-state index in [2.05, 4.69) is 5.32 Å². The van der Waals surface area contributed by atoms with Gasteiger partial charge >= 0.3 is 0 Å². The Bertz CT molecular complexity index is 860. The van der Waals surface area contributed by atoms with Gasteiger partial charge in [-0.25, -0.2) is 0 Å². The minimum atomic E-state index is -0.0343. The molecule has 1 unspecified atom stereocenters. The maximum absolute atomic E-state index is 12.3.